The van der Waals surface area contributed by atoms with E-state index in [9.17, 15) is 43.5 Å². The molecule has 4 rings (SSSR count). The van der Waals surface area contributed by atoms with Gasteiger partial charge in [0.05, 0.1) is 23.0 Å². The first-order chi connectivity index (χ1) is 30.8. The number of aromatic hydroxyl groups is 1. The number of carbonyl (C=O) groups excluding carboxylic acids is 8. The number of phenolic OH excluding ortho intramolecular Hbond substituents is 1. The Kier molecular flexibility index (Phi) is 19.4. The van der Waals surface area contributed by atoms with E-state index in [0.29, 0.717) is 34.9 Å². The van der Waals surface area contributed by atoms with Crippen LogP contribution in [0.5, 0.6) is 5.75 Å². The molecule has 0 radical (unpaired) electrons. The van der Waals surface area contributed by atoms with Crippen LogP contribution in [0.3, 0.4) is 0 Å². The first kappa shape index (κ1) is 52.2. The number of hydroxylamine groups is 2. The fraction of sp³-hybridized carbons (Fsp3) is 0.630. The molecule has 1 aromatic carbocycles. The summed E-state index contributed by atoms with van der Waals surface area (Å²) >= 11 is 1.20. The van der Waals surface area contributed by atoms with Gasteiger partial charge in [-0.25, -0.2) is 9.78 Å². The van der Waals surface area contributed by atoms with Crippen LogP contribution in [0.2, 0.25) is 0 Å². The zero-order valence-corrected chi connectivity index (χ0v) is 39.8. The molecular formula is C46H66N6O12S. The van der Waals surface area contributed by atoms with Crippen molar-refractivity contribution in [3.05, 3.63) is 45.4 Å². The molecular weight excluding hydrogens is 861 g/mol. The normalized spacial score (nSPS) is 17.4. The third-order valence-electron chi connectivity index (χ3n) is 12.1. The predicted octanol–water partition coefficient (Wildman–Crippen LogP) is 4.53. The Balaban J connectivity index is 1.53. The van der Waals surface area contributed by atoms with E-state index in [1.807, 2.05) is 39.6 Å². The van der Waals surface area contributed by atoms with Gasteiger partial charge in [0.25, 0.3) is 17.7 Å². The van der Waals surface area contributed by atoms with Crippen molar-refractivity contribution in [1.29, 1.82) is 0 Å². The molecule has 19 heteroatoms. The van der Waals surface area contributed by atoms with Crippen LogP contribution in [0.25, 0.3) is 0 Å². The Morgan fingerprint density at radius 3 is 2.42 bits per heavy atom. The van der Waals surface area contributed by atoms with E-state index in [1.54, 1.807) is 25.3 Å². The number of hydrogen-bond donors (Lipinski definition) is 3. The predicted molar refractivity (Wildman–Crippen MR) is 239 cm³/mol. The zero-order chi connectivity index (χ0) is 48.0. The van der Waals surface area contributed by atoms with Crippen LogP contribution in [0.1, 0.15) is 132 Å². The second-order valence-corrected chi connectivity index (χ2v) is 18.4. The number of imide groups is 1. The summed E-state index contributed by atoms with van der Waals surface area (Å²) in [5.41, 5.74) is 0.198. The number of aryl methyl sites for hydroxylation is 2. The lowest BCUT2D eigenvalue weighted by Crippen LogP contribution is -2.62. The Morgan fingerprint density at radius 1 is 1.06 bits per heavy atom. The molecule has 0 bridgehead atoms. The molecule has 65 heavy (non-hydrogen) atoms. The molecule has 2 aromatic rings. The van der Waals surface area contributed by atoms with Crippen LogP contribution in [-0.4, -0.2) is 123 Å². The van der Waals surface area contributed by atoms with E-state index in [2.05, 4.69) is 15.6 Å². The number of hydrogen-bond acceptors (Lipinski definition) is 15. The smallest absolute Gasteiger partial charge is 0.336 e. The van der Waals surface area contributed by atoms with Gasteiger partial charge in [0.1, 0.15) is 23.1 Å². The Labute approximate surface area is 385 Å². The Hall–Kier alpha value is -5.43. The summed E-state index contributed by atoms with van der Waals surface area (Å²) in [7, 11) is 1.88. The van der Waals surface area contributed by atoms with Gasteiger partial charge in [-0.1, -0.05) is 39.7 Å². The average Bonchev–Trinajstić information content (AvgIpc) is 3.86. The number of nitrogens with one attached hydrogen (secondary N) is 2. The third-order valence-corrected chi connectivity index (χ3v) is 13.0. The number of piperidine rings is 1. The highest BCUT2D eigenvalue weighted by Crippen LogP contribution is 2.29. The maximum Gasteiger partial charge on any atom is 0.336 e. The molecule has 18 nitrogen and oxygen atoms in total. The monoisotopic (exact) mass is 926 g/mol. The standard InChI is InChI=1S/C46H66N6O12S/c1-9-13-40(57)62-27-51(44(60)41(28(3)10-2)49-43(59)35-14-11-12-23-50(35)8)36(46(6,7)63-30(5)53)17-18-37-48-34(26-65-37)42(58)47-22-21-31(24-32-25-33(54)16-15-29(32)4)45(61)64-52-38(55)19-20-39(52)56/h15-16,25-26,28,31,35-36,41,54H,9-14,17-24,27H2,1-8H3,(H,47,58)(H,49,59)/t28?,31-,35-,36-,41+/m0/s1. The summed E-state index contributed by atoms with van der Waals surface area (Å²) < 4.78 is 11.5. The van der Waals surface area contributed by atoms with Crippen LogP contribution >= 0.6 is 11.3 Å². The highest BCUT2D eigenvalue weighted by atomic mass is 32.1. The molecule has 358 valence electrons. The van der Waals surface area contributed by atoms with Crippen LogP contribution in [0.15, 0.2) is 23.6 Å². The summed E-state index contributed by atoms with van der Waals surface area (Å²) in [6, 6.07) is 2.43. The Morgan fingerprint density at radius 2 is 1.77 bits per heavy atom. The zero-order valence-electron chi connectivity index (χ0n) is 38.9. The van der Waals surface area contributed by atoms with Crippen molar-refractivity contribution in [2.24, 2.45) is 11.8 Å². The quantitative estimate of drug-likeness (QED) is 0.0790. The van der Waals surface area contributed by atoms with Crippen LogP contribution < -0.4 is 10.6 Å². The van der Waals surface area contributed by atoms with E-state index in [-0.39, 0.29) is 74.8 Å². The number of rotatable bonds is 23. The van der Waals surface area contributed by atoms with Crippen molar-refractivity contribution in [3.63, 3.8) is 0 Å². The van der Waals surface area contributed by atoms with Gasteiger partial charge in [-0.3, -0.25) is 38.5 Å². The molecule has 2 fully saturated rings. The fourth-order valence-corrected chi connectivity index (χ4v) is 8.86. The summed E-state index contributed by atoms with van der Waals surface area (Å²) in [5.74, 6) is -5.74. The fourth-order valence-electron chi connectivity index (χ4n) is 8.07. The first-order valence-electron chi connectivity index (χ1n) is 22.5. The van der Waals surface area contributed by atoms with E-state index in [1.165, 1.54) is 35.3 Å². The van der Waals surface area contributed by atoms with E-state index < -0.39 is 77.9 Å². The van der Waals surface area contributed by atoms with Crippen molar-refractivity contribution in [3.8, 4) is 5.75 Å². The van der Waals surface area contributed by atoms with Gasteiger partial charge in [-0.2, -0.15) is 0 Å². The lowest BCUT2D eigenvalue weighted by Gasteiger charge is -2.43. The summed E-state index contributed by atoms with van der Waals surface area (Å²) in [6.45, 7) is 12.3. The van der Waals surface area contributed by atoms with Crippen LogP contribution in [-0.2, 0) is 60.7 Å². The molecule has 0 aliphatic carbocycles. The Bertz CT molecular complexity index is 2020. The second kappa shape index (κ2) is 24.2. The van der Waals surface area contributed by atoms with Gasteiger partial charge < -0.3 is 35.0 Å². The molecule has 3 N–H and O–H groups in total. The minimum absolute atomic E-state index is 0.00640. The van der Waals surface area contributed by atoms with E-state index in [4.69, 9.17) is 14.3 Å². The highest BCUT2D eigenvalue weighted by Gasteiger charge is 2.44. The number of benzene rings is 1. The number of likely N-dealkylation sites (N-methyl/N-ethyl adjacent to an activating group) is 1. The van der Waals surface area contributed by atoms with Gasteiger partial charge in [-0.05, 0) is 102 Å². The van der Waals surface area contributed by atoms with E-state index in [0.717, 1.165) is 24.9 Å². The number of nitrogens with zero attached hydrogens (tertiary/aromatic N) is 4. The SMILES string of the molecule is CCCC(=O)OCN(C(=O)[C@H](NC(=O)[C@@H]1CCCCN1C)C(C)CC)[C@@H](CCc1nc(C(=O)NCC[C@@H](Cc2cc(O)ccc2C)C(=O)ON2C(=O)CCC2=O)cs1)C(C)(C)OC(C)=O. The van der Waals surface area contributed by atoms with Gasteiger partial charge in [-0.15, -0.1) is 16.4 Å². The molecule has 1 aromatic heterocycles. The van der Waals surface area contributed by atoms with E-state index >= 15 is 0 Å². The van der Waals surface area contributed by atoms with Gasteiger partial charge in [0.15, 0.2) is 6.73 Å². The molecule has 2 saturated heterocycles. The van der Waals surface area contributed by atoms with Crippen molar-refractivity contribution in [2.45, 2.75) is 149 Å². The van der Waals surface area contributed by atoms with Gasteiger partial charge in [0.2, 0.25) is 11.8 Å². The number of phenols is 1. The minimum atomic E-state index is -1.33. The van der Waals surface area contributed by atoms with Crippen molar-refractivity contribution in [1.82, 2.24) is 30.5 Å². The number of carbonyl (C=O) groups is 8. The molecule has 1 unspecified atom stereocenters. The second-order valence-electron chi connectivity index (χ2n) is 17.5. The van der Waals surface area contributed by atoms with Crippen molar-refractivity contribution < 1.29 is 57.8 Å². The molecule has 5 atom stereocenters. The average molecular weight is 927 g/mol. The number of likely N-dealkylation sites (tertiary alicyclic amines) is 1. The first-order valence-corrected chi connectivity index (χ1v) is 23.4. The summed E-state index contributed by atoms with van der Waals surface area (Å²) in [6.07, 6.45) is 4.06. The number of aromatic nitrogens is 1. The third kappa shape index (κ3) is 14.8. The number of amides is 5. The lowest BCUT2D eigenvalue weighted by molar-refractivity contribution is -0.200. The van der Waals surface area contributed by atoms with Crippen LogP contribution in [0, 0.1) is 18.8 Å². The largest absolute Gasteiger partial charge is 0.508 e. The number of esters is 2. The van der Waals surface area contributed by atoms with Crippen molar-refractivity contribution >= 4 is 58.8 Å². The highest BCUT2D eigenvalue weighted by molar-refractivity contribution is 7.09. The maximum absolute atomic E-state index is 14.9. The number of ether oxygens (including phenoxy) is 2. The summed E-state index contributed by atoms with van der Waals surface area (Å²) in [4.78, 5) is 118. The summed E-state index contributed by atoms with van der Waals surface area (Å²) in [5, 5.41) is 18.5. The lowest BCUT2D eigenvalue weighted by atomic mass is 9.90. The van der Waals surface area contributed by atoms with Gasteiger partial charge in [0, 0.05) is 44.5 Å². The van der Waals surface area contributed by atoms with Crippen molar-refractivity contribution in [2.75, 3.05) is 26.9 Å². The molecule has 5 amide bonds. The number of thiazole rings is 1. The maximum atomic E-state index is 14.9. The molecule has 0 spiro atoms. The van der Waals surface area contributed by atoms with Gasteiger partial charge >= 0.3 is 17.9 Å². The molecule has 0 saturated carbocycles. The topological polar surface area (TPSA) is 231 Å². The van der Waals surface area contributed by atoms with Crippen LogP contribution in [0.4, 0.5) is 0 Å². The minimum Gasteiger partial charge on any atom is -0.508 e. The molecule has 2 aliphatic heterocycles. The molecule has 3 heterocycles. The molecule has 2 aliphatic rings.